The van der Waals surface area contributed by atoms with E-state index >= 15 is 0 Å². The van der Waals surface area contributed by atoms with E-state index < -0.39 is 0 Å². The van der Waals surface area contributed by atoms with Gasteiger partial charge < -0.3 is 10.6 Å². The van der Waals surface area contributed by atoms with Crippen molar-refractivity contribution in [2.45, 2.75) is 63.8 Å². The third-order valence-electron chi connectivity index (χ3n) is 7.35. The molecule has 168 valence electrons. The van der Waals surface area contributed by atoms with Crippen molar-refractivity contribution in [2.24, 2.45) is 5.92 Å². The summed E-state index contributed by atoms with van der Waals surface area (Å²) in [5, 5.41) is 11.7. The van der Waals surface area contributed by atoms with Crippen molar-refractivity contribution in [3.8, 4) is 0 Å². The van der Waals surface area contributed by atoms with Crippen LogP contribution in [0.4, 0.5) is 5.82 Å². The van der Waals surface area contributed by atoms with E-state index in [0.717, 1.165) is 60.5 Å². The molecule has 2 fully saturated rings. The van der Waals surface area contributed by atoms with Crippen LogP contribution in [0.3, 0.4) is 0 Å². The zero-order valence-electron chi connectivity index (χ0n) is 18.6. The fourth-order valence-corrected chi connectivity index (χ4v) is 5.99. The van der Waals surface area contributed by atoms with Gasteiger partial charge in [0, 0.05) is 37.7 Å². The second-order valence-electron chi connectivity index (χ2n) is 9.74. The lowest BCUT2D eigenvalue weighted by molar-refractivity contribution is 0.102. The lowest BCUT2D eigenvalue weighted by Gasteiger charge is -2.41. The maximum Gasteiger partial charge on any atom is 0.171 e. The first kappa shape index (κ1) is 21.4. The number of rotatable bonds is 5. The Bertz CT molecular complexity index is 938. The van der Waals surface area contributed by atoms with E-state index in [9.17, 15) is 0 Å². The van der Waals surface area contributed by atoms with Gasteiger partial charge in [0.25, 0.3) is 0 Å². The molecule has 5 rings (SSSR count). The number of likely N-dealkylation sites (tertiary alicyclic amines) is 1. The third kappa shape index (κ3) is 4.83. The first-order valence-electron chi connectivity index (χ1n) is 12.1. The summed E-state index contributed by atoms with van der Waals surface area (Å²) in [4.78, 5) is 7.84. The number of nitrogens with one attached hydrogen (secondary N) is 2. The van der Waals surface area contributed by atoms with Crippen molar-refractivity contribution in [1.29, 1.82) is 0 Å². The SMILES string of the molecule is CC1CCCC(N2CCCC(c3cc(NCC4=CCCNC4)n4ncc(Br)c4n3)C2)C1. The highest BCUT2D eigenvalue weighted by atomic mass is 79.9. The number of piperidine rings is 1. The van der Waals surface area contributed by atoms with Gasteiger partial charge in [0.2, 0.25) is 0 Å². The first-order valence-corrected chi connectivity index (χ1v) is 12.9. The maximum absolute atomic E-state index is 5.07. The van der Waals surface area contributed by atoms with Crippen LogP contribution in [0.2, 0.25) is 0 Å². The summed E-state index contributed by atoms with van der Waals surface area (Å²) in [6, 6.07) is 3.02. The van der Waals surface area contributed by atoms with E-state index in [-0.39, 0.29) is 0 Å². The van der Waals surface area contributed by atoms with Gasteiger partial charge >= 0.3 is 0 Å². The van der Waals surface area contributed by atoms with Crippen LogP contribution in [0, 0.1) is 5.92 Å². The van der Waals surface area contributed by atoms with Gasteiger partial charge in [-0.2, -0.15) is 9.61 Å². The normalized spacial score (nSPS) is 27.9. The van der Waals surface area contributed by atoms with Crippen LogP contribution in [0.1, 0.15) is 63.5 Å². The highest BCUT2D eigenvalue weighted by molar-refractivity contribution is 9.10. The molecule has 0 amide bonds. The zero-order valence-corrected chi connectivity index (χ0v) is 20.2. The Morgan fingerprint density at radius 3 is 3.03 bits per heavy atom. The van der Waals surface area contributed by atoms with Crippen LogP contribution in [-0.4, -0.2) is 58.3 Å². The zero-order chi connectivity index (χ0) is 21.2. The molecule has 7 heteroatoms. The number of aromatic nitrogens is 3. The van der Waals surface area contributed by atoms with Crippen LogP contribution in [0.15, 0.2) is 28.4 Å². The highest BCUT2D eigenvalue weighted by Crippen LogP contribution is 2.34. The molecule has 2 aromatic rings. The molecule has 1 aliphatic carbocycles. The molecule has 2 N–H and O–H groups in total. The summed E-state index contributed by atoms with van der Waals surface area (Å²) >= 11 is 3.66. The molecular weight excluding hydrogens is 452 g/mol. The summed E-state index contributed by atoms with van der Waals surface area (Å²) < 4.78 is 2.90. The van der Waals surface area contributed by atoms with Crippen molar-refractivity contribution in [1.82, 2.24) is 24.8 Å². The van der Waals surface area contributed by atoms with Crippen molar-refractivity contribution in [3.05, 3.63) is 34.1 Å². The number of hydrogen-bond acceptors (Lipinski definition) is 5. The van der Waals surface area contributed by atoms with E-state index in [1.807, 2.05) is 10.7 Å². The molecule has 31 heavy (non-hydrogen) atoms. The Morgan fingerprint density at radius 1 is 1.26 bits per heavy atom. The Hall–Kier alpha value is -1.44. The summed E-state index contributed by atoms with van der Waals surface area (Å²) in [7, 11) is 0. The topological polar surface area (TPSA) is 57.5 Å². The van der Waals surface area contributed by atoms with Gasteiger partial charge in [-0.3, -0.25) is 4.90 Å². The minimum atomic E-state index is 0.494. The average molecular weight is 487 g/mol. The van der Waals surface area contributed by atoms with E-state index in [0.29, 0.717) is 5.92 Å². The molecule has 2 aliphatic heterocycles. The van der Waals surface area contributed by atoms with E-state index in [2.05, 4.69) is 55.6 Å². The van der Waals surface area contributed by atoms with Gasteiger partial charge in [-0.05, 0) is 72.6 Å². The molecule has 1 saturated heterocycles. The van der Waals surface area contributed by atoms with Crippen LogP contribution < -0.4 is 10.6 Å². The van der Waals surface area contributed by atoms with Crippen LogP contribution in [0.5, 0.6) is 0 Å². The monoisotopic (exact) mass is 486 g/mol. The molecule has 3 aliphatic rings. The van der Waals surface area contributed by atoms with Gasteiger partial charge in [0.15, 0.2) is 5.65 Å². The van der Waals surface area contributed by atoms with Crippen LogP contribution in [0.25, 0.3) is 5.65 Å². The molecule has 0 bridgehead atoms. The van der Waals surface area contributed by atoms with Gasteiger partial charge in [-0.25, -0.2) is 4.98 Å². The maximum atomic E-state index is 5.07. The van der Waals surface area contributed by atoms with E-state index in [1.54, 1.807) is 0 Å². The second kappa shape index (κ2) is 9.59. The molecule has 0 aromatic carbocycles. The van der Waals surface area contributed by atoms with Gasteiger partial charge in [0.1, 0.15) is 5.82 Å². The number of halogens is 1. The molecule has 0 radical (unpaired) electrons. The van der Waals surface area contributed by atoms with E-state index in [1.165, 1.54) is 56.3 Å². The molecule has 0 spiro atoms. The average Bonchev–Trinajstić information content (AvgIpc) is 3.19. The predicted octanol–water partition coefficient (Wildman–Crippen LogP) is 4.58. The van der Waals surface area contributed by atoms with Crippen LogP contribution in [-0.2, 0) is 0 Å². The smallest absolute Gasteiger partial charge is 0.171 e. The quantitative estimate of drug-likeness (QED) is 0.605. The summed E-state index contributed by atoms with van der Waals surface area (Å²) in [6.07, 6.45) is 13.3. The molecule has 6 nitrogen and oxygen atoms in total. The lowest BCUT2D eigenvalue weighted by atomic mass is 9.84. The Labute approximate surface area is 194 Å². The number of nitrogens with zero attached hydrogens (tertiary/aromatic N) is 4. The molecule has 3 atom stereocenters. The van der Waals surface area contributed by atoms with Crippen molar-refractivity contribution < 1.29 is 0 Å². The standard InChI is InChI=1S/C24H35BrN6/c1-17-5-2-8-20(11-17)30-10-4-7-19(16-30)22-12-23(27-14-18-6-3-9-26-13-18)31-24(29-22)21(25)15-28-31/h6,12,15,17,19-20,26-27H,2-5,7-11,13-14,16H2,1H3. The van der Waals surface area contributed by atoms with Gasteiger partial charge in [-0.1, -0.05) is 25.8 Å². The highest BCUT2D eigenvalue weighted by Gasteiger charge is 2.30. The molecule has 4 heterocycles. The Morgan fingerprint density at radius 2 is 2.19 bits per heavy atom. The van der Waals surface area contributed by atoms with Crippen LogP contribution >= 0.6 is 15.9 Å². The largest absolute Gasteiger partial charge is 0.366 e. The third-order valence-corrected chi connectivity index (χ3v) is 7.91. The predicted molar refractivity (Wildman–Crippen MR) is 130 cm³/mol. The molecular formula is C24H35BrN6. The number of anilines is 1. The van der Waals surface area contributed by atoms with Crippen molar-refractivity contribution in [2.75, 3.05) is 38.0 Å². The fourth-order valence-electron chi connectivity index (χ4n) is 5.64. The molecule has 3 unspecified atom stereocenters. The number of fused-ring (bicyclic) bond motifs is 1. The van der Waals surface area contributed by atoms with Crippen molar-refractivity contribution in [3.63, 3.8) is 0 Å². The Kier molecular flexibility index (Phi) is 6.62. The second-order valence-corrected chi connectivity index (χ2v) is 10.6. The molecule has 2 aromatic heterocycles. The first-order chi connectivity index (χ1) is 15.2. The lowest BCUT2D eigenvalue weighted by Crippen LogP contribution is -2.44. The van der Waals surface area contributed by atoms with E-state index in [4.69, 9.17) is 4.98 Å². The van der Waals surface area contributed by atoms with Gasteiger partial charge in [-0.15, -0.1) is 0 Å². The Balaban J connectivity index is 1.37. The summed E-state index contributed by atoms with van der Waals surface area (Å²) in [5.74, 6) is 2.41. The molecule has 1 saturated carbocycles. The summed E-state index contributed by atoms with van der Waals surface area (Å²) in [5.41, 5.74) is 3.54. The summed E-state index contributed by atoms with van der Waals surface area (Å²) in [6.45, 7) is 7.71. The minimum absolute atomic E-state index is 0.494. The van der Waals surface area contributed by atoms with Crippen molar-refractivity contribution >= 4 is 27.4 Å². The fraction of sp³-hybridized carbons (Fsp3) is 0.667. The van der Waals surface area contributed by atoms with Gasteiger partial charge in [0.05, 0.1) is 16.4 Å². The number of hydrogen-bond donors (Lipinski definition) is 2. The minimum Gasteiger partial charge on any atom is -0.366 e.